The molecule has 0 aliphatic heterocycles. The van der Waals surface area contributed by atoms with Gasteiger partial charge in [0.2, 0.25) is 0 Å². The average molecular weight is 472 g/mol. The number of rotatable bonds is 4. The molecule has 3 nitrogen and oxygen atoms in total. The molecule has 2 heterocycles. The van der Waals surface area contributed by atoms with Gasteiger partial charge in [-0.05, 0) is 48.5 Å². The van der Waals surface area contributed by atoms with E-state index in [0.29, 0.717) is 0 Å². The van der Waals surface area contributed by atoms with E-state index < -0.39 is 29.3 Å². The van der Waals surface area contributed by atoms with E-state index in [-0.39, 0.29) is 33.6 Å². The molecule has 0 N–H and O–H groups in total. The van der Waals surface area contributed by atoms with Gasteiger partial charge in [-0.15, -0.1) is 0 Å². The number of hydrogen-bond acceptors (Lipinski definition) is 3. The molecule has 0 unspecified atom stereocenters. The maximum absolute atomic E-state index is 13.1. The Kier molecular flexibility index (Phi) is 5.95. The van der Waals surface area contributed by atoms with Crippen molar-refractivity contribution >= 4 is 5.78 Å². The summed E-state index contributed by atoms with van der Waals surface area (Å²) in [6.45, 7) is 0. The van der Waals surface area contributed by atoms with Crippen LogP contribution in [0.25, 0.3) is 22.5 Å². The van der Waals surface area contributed by atoms with Crippen molar-refractivity contribution in [3.05, 3.63) is 107 Å². The maximum Gasteiger partial charge on any atom is 0.416 e. The van der Waals surface area contributed by atoms with Crippen molar-refractivity contribution in [2.45, 2.75) is 12.4 Å². The van der Waals surface area contributed by atoms with Gasteiger partial charge in [0, 0.05) is 34.6 Å². The lowest BCUT2D eigenvalue weighted by molar-refractivity contribution is -0.138. The van der Waals surface area contributed by atoms with Gasteiger partial charge in [-0.1, -0.05) is 24.3 Å². The van der Waals surface area contributed by atoms with Crippen molar-refractivity contribution in [3.8, 4) is 22.5 Å². The molecule has 0 bridgehead atoms. The van der Waals surface area contributed by atoms with Gasteiger partial charge in [-0.2, -0.15) is 26.3 Å². The topological polar surface area (TPSA) is 42.9 Å². The number of carbonyl (C=O) groups excluding carboxylic acids is 1. The second kappa shape index (κ2) is 8.74. The highest BCUT2D eigenvalue weighted by atomic mass is 19.4. The average Bonchev–Trinajstić information content (AvgIpc) is 2.83. The van der Waals surface area contributed by atoms with Crippen LogP contribution in [0.5, 0.6) is 0 Å². The first kappa shape index (κ1) is 23.2. The summed E-state index contributed by atoms with van der Waals surface area (Å²) in [5.74, 6) is -0.480. The second-order valence-electron chi connectivity index (χ2n) is 7.35. The number of ketones is 1. The first-order valence-electron chi connectivity index (χ1n) is 9.84. The summed E-state index contributed by atoms with van der Waals surface area (Å²) < 4.78 is 78.2. The largest absolute Gasteiger partial charge is 0.416 e. The van der Waals surface area contributed by atoms with Crippen LogP contribution in [-0.2, 0) is 12.4 Å². The van der Waals surface area contributed by atoms with Gasteiger partial charge >= 0.3 is 12.4 Å². The quantitative estimate of drug-likeness (QED) is 0.236. The molecule has 0 saturated carbocycles. The molecule has 4 aromatic rings. The number of pyridine rings is 2. The van der Waals surface area contributed by atoms with Gasteiger partial charge in [-0.25, -0.2) is 0 Å². The predicted octanol–water partition coefficient (Wildman–Crippen LogP) is 7.08. The van der Waals surface area contributed by atoms with Crippen LogP contribution in [0.1, 0.15) is 27.0 Å². The van der Waals surface area contributed by atoms with Crippen LogP contribution in [0.15, 0.2) is 85.2 Å². The van der Waals surface area contributed by atoms with Gasteiger partial charge in [0.1, 0.15) is 0 Å². The first-order valence-corrected chi connectivity index (χ1v) is 9.84. The van der Waals surface area contributed by atoms with Crippen LogP contribution < -0.4 is 0 Å². The minimum atomic E-state index is -4.53. The van der Waals surface area contributed by atoms with Gasteiger partial charge < -0.3 is 0 Å². The molecule has 0 aliphatic rings. The van der Waals surface area contributed by atoms with Crippen molar-refractivity contribution in [3.63, 3.8) is 0 Å². The fourth-order valence-corrected chi connectivity index (χ4v) is 3.34. The molecule has 172 valence electrons. The van der Waals surface area contributed by atoms with Gasteiger partial charge in [0.05, 0.1) is 22.5 Å². The van der Waals surface area contributed by atoms with E-state index in [9.17, 15) is 31.1 Å². The Bertz CT molecular complexity index is 1260. The zero-order valence-electron chi connectivity index (χ0n) is 17.2. The van der Waals surface area contributed by atoms with E-state index in [4.69, 9.17) is 0 Å². The molecule has 9 heteroatoms. The second-order valence-corrected chi connectivity index (χ2v) is 7.35. The Morgan fingerprint density at radius 1 is 0.588 bits per heavy atom. The highest BCUT2D eigenvalue weighted by molar-refractivity contribution is 6.09. The Labute approximate surface area is 189 Å². The number of carbonyl (C=O) groups is 1. The molecule has 2 aromatic carbocycles. The minimum absolute atomic E-state index is 0.156. The third-order valence-corrected chi connectivity index (χ3v) is 5.02. The Balaban J connectivity index is 1.67. The van der Waals surface area contributed by atoms with E-state index in [1.807, 2.05) is 0 Å². The molecule has 0 atom stereocenters. The fourth-order valence-electron chi connectivity index (χ4n) is 3.34. The summed E-state index contributed by atoms with van der Waals surface area (Å²) >= 11 is 0. The standard InChI is InChI=1S/C25H14F6N2O/c26-24(27,28)19-5-1-3-15(11-19)21-13-17(7-9-32-21)23(34)18-8-10-33-22(14-18)16-4-2-6-20(12-16)25(29,30)31/h1-14H. The highest BCUT2D eigenvalue weighted by Gasteiger charge is 2.31. The molecule has 4 rings (SSSR count). The molecule has 0 aliphatic carbocycles. The summed E-state index contributed by atoms with van der Waals surface area (Å²) in [4.78, 5) is 21.2. The number of hydrogen-bond donors (Lipinski definition) is 0. The van der Waals surface area contributed by atoms with Crippen LogP contribution in [0.2, 0.25) is 0 Å². The van der Waals surface area contributed by atoms with Crippen molar-refractivity contribution in [2.75, 3.05) is 0 Å². The lowest BCUT2D eigenvalue weighted by atomic mass is 9.99. The molecule has 0 fully saturated rings. The molecule has 0 spiro atoms. The van der Waals surface area contributed by atoms with Crippen molar-refractivity contribution in [1.29, 1.82) is 0 Å². The monoisotopic (exact) mass is 472 g/mol. The third kappa shape index (κ3) is 4.98. The number of alkyl halides is 6. The fraction of sp³-hybridized carbons (Fsp3) is 0.0800. The molecule has 2 aromatic heterocycles. The van der Waals surface area contributed by atoms with Crippen molar-refractivity contribution < 1.29 is 31.1 Å². The maximum atomic E-state index is 13.1. The Morgan fingerprint density at radius 3 is 1.38 bits per heavy atom. The SMILES string of the molecule is O=C(c1ccnc(-c2cccc(C(F)(F)F)c2)c1)c1ccnc(-c2cccc(C(F)(F)F)c2)c1. The molecular weight excluding hydrogens is 458 g/mol. The third-order valence-electron chi connectivity index (χ3n) is 5.02. The molecule has 34 heavy (non-hydrogen) atoms. The van der Waals surface area contributed by atoms with E-state index in [2.05, 4.69) is 9.97 Å². The smallest absolute Gasteiger partial charge is 0.289 e. The molecule has 0 saturated heterocycles. The predicted molar refractivity (Wildman–Crippen MR) is 113 cm³/mol. The van der Waals surface area contributed by atoms with Gasteiger partial charge in [0.25, 0.3) is 0 Å². The van der Waals surface area contributed by atoms with Gasteiger partial charge in [-0.3, -0.25) is 14.8 Å². The molecule has 0 amide bonds. The number of halogens is 6. The first-order chi connectivity index (χ1) is 16.0. The number of nitrogens with zero attached hydrogens (tertiary/aromatic N) is 2. The summed E-state index contributed by atoms with van der Waals surface area (Å²) in [6, 6.07) is 14.7. The Morgan fingerprint density at radius 2 is 1.00 bits per heavy atom. The van der Waals surface area contributed by atoms with Crippen LogP contribution in [0.4, 0.5) is 26.3 Å². The number of benzene rings is 2. The van der Waals surface area contributed by atoms with E-state index >= 15 is 0 Å². The van der Waals surface area contributed by atoms with E-state index in [1.54, 1.807) is 0 Å². The van der Waals surface area contributed by atoms with Crippen LogP contribution in [0.3, 0.4) is 0 Å². The van der Waals surface area contributed by atoms with Crippen molar-refractivity contribution in [1.82, 2.24) is 9.97 Å². The lowest BCUT2D eigenvalue weighted by Gasteiger charge is -2.10. The minimum Gasteiger partial charge on any atom is -0.289 e. The van der Waals surface area contributed by atoms with Gasteiger partial charge in [0.15, 0.2) is 5.78 Å². The highest BCUT2D eigenvalue weighted by Crippen LogP contribution is 2.33. The zero-order valence-corrected chi connectivity index (χ0v) is 17.2. The van der Waals surface area contributed by atoms with E-state index in [0.717, 1.165) is 24.3 Å². The van der Waals surface area contributed by atoms with Crippen LogP contribution in [-0.4, -0.2) is 15.8 Å². The summed E-state index contributed by atoms with van der Waals surface area (Å²) in [5.41, 5.74) is -0.667. The number of aromatic nitrogens is 2. The summed E-state index contributed by atoms with van der Waals surface area (Å²) in [7, 11) is 0. The van der Waals surface area contributed by atoms with Crippen LogP contribution in [0, 0.1) is 0 Å². The van der Waals surface area contributed by atoms with Crippen LogP contribution >= 0.6 is 0 Å². The lowest BCUT2D eigenvalue weighted by Crippen LogP contribution is -2.06. The van der Waals surface area contributed by atoms with Crippen molar-refractivity contribution in [2.24, 2.45) is 0 Å². The molecule has 0 radical (unpaired) electrons. The normalized spacial score (nSPS) is 11.9. The summed E-state index contributed by atoms with van der Waals surface area (Å²) in [6.07, 6.45) is -6.45. The molecular formula is C25H14F6N2O. The van der Waals surface area contributed by atoms with E-state index in [1.165, 1.54) is 60.9 Å². The zero-order chi connectivity index (χ0) is 24.5. The Hall–Kier alpha value is -4.01. The summed E-state index contributed by atoms with van der Waals surface area (Å²) in [5, 5.41) is 0.